The fraction of sp³-hybridized carbons (Fsp3) is 0.333. The minimum Gasteiger partial charge on any atom is -0.497 e. The van der Waals surface area contributed by atoms with Gasteiger partial charge in [-0.1, -0.05) is 12.1 Å². The van der Waals surface area contributed by atoms with Gasteiger partial charge in [-0.3, -0.25) is 9.48 Å². The third-order valence-electron chi connectivity index (χ3n) is 3.42. The zero-order valence-electron chi connectivity index (χ0n) is 12.7. The number of carbonyl (C=O) groups is 1. The van der Waals surface area contributed by atoms with Crippen LogP contribution < -0.4 is 15.8 Å². The predicted octanol–water partition coefficient (Wildman–Crippen LogP) is 1.81. The Hall–Kier alpha value is -2.50. The van der Waals surface area contributed by atoms with E-state index in [9.17, 15) is 4.79 Å². The summed E-state index contributed by atoms with van der Waals surface area (Å²) in [6.07, 6.45) is 0. The van der Waals surface area contributed by atoms with Crippen molar-refractivity contribution in [3.8, 4) is 5.75 Å². The minimum absolute atomic E-state index is 0.165. The Balaban J connectivity index is 2.18. The van der Waals surface area contributed by atoms with E-state index in [4.69, 9.17) is 10.5 Å². The number of hydrogen-bond donors (Lipinski definition) is 2. The summed E-state index contributed by atoms with van der Waals surface area (Å²) in [5.41, 5.74) is 8.30. The number of hydrogen-bond acceptors (Lipinski definition) is 4. The number of anilines is 1. The molecule has 0 radical (unpaired) electrons. The molecule has 1 aromatic carbocycles. The molecule has 1 aromatic heterocycles. The molecule has 0 aliphatic carbocycles. The van der Waals surface area contributed by atoms with Gasteiger partial charge in [0.1, 0.15) is 11.4 Å². The Morgan fingerprint density at radius 3 is 2.76 bits per heavy atom. The maximum absolute atomic E-state index is 12.4. The molecular weight excluding hydrogens is 268 g/mol. The number of rotatable bonds is 4. The van der Waals surface area contributed by atoms with E-state index in [-0.39, 0.29) is 11.9 Å². The SMILES string of the molecule is COc1cccc(C(C)NC(=O)c2c(N)c(C)nn2C)c1. The second-order valence-corrected chi connectivity index (χ2v) is 4.94. The molecule has 0 saturated carbocycles. The maximum Gasteiger partial charge on any atom is 0.272 e. The van der Waals surface area contributed by atoms with E-state index in [0.29, 0.717) is 17.1 Å². The van der Waals surface area contributed by atoms with Crippen molar-refractivity contribution in [2.24, 2.45) is 7.05 Å². The molecule has 0 aliphatic heterocycles. The molecule has 1 amide bonds. The van der Waals surface area contributed by atoms with E-state index in [2.05, 4.69) is 10.4 Å². The number of aromatic nitrogens is 2. The summed E-state index contributed by atoms with van der Waals surface area (Å²) in [7, 11) is 3.32. The summed E-state index contributed by atoms with van der Waals surface area (Å²) in [5, 5.41) is 7.07. The number of amides is 1. The summed E-state index contributed by atoms with van der Waals surface area (Å²) >= 11 is 0. The molecule has 6 heteroatoms. The zero-order valence-corrected chi connectivity index (χ0v) is 12.7. The molecule has 2 aromatic rings. The minimum atomic E-state index is -0.245. The van der Waals surface area contributed by atoms with Crippen LogP contribution in [0.2, 0.25) is 0 Å². The molecule has 112 valence electrons. The average molecular weight is 288 g/mol. The van der Waals surface area contributed by atoms with Gasteiger partial charge < -0.3 is 15.8 Å². The number of ether oxygens (including phenoxy) is 1. The lowest BCUT2D eigenvalue weighted by molar-refractivity contribution is 0.0931. The molecule has 21 heavy (non-hydrogen) atoms. The first-order chi connectivity index (χ1) is 9.93. The van der Waals surface area contributed by atoms with Crippen molar-refractivity contribution in [3.63, 3.8) is 0 Å². The Labute approximate surface area is 123 Å². The van der Waals surface area contributed by atoms with Crippen molar-refractivity contribution in [1.29, 1.82) is 0 Å². The highest BCUT2D eigenvalue weighted by molar-refractivity contribution is 5.98. The zero-order chi connectivity index (χ0) is 15.6. The molecule has 0 aliphatic rings. The molecule has 1 atom stereocenters. The Morgan fingerprint density at radius 2 is 2.19 bits per heavy atom. The Morgan fingerprint density at radius 1 is 1.48 bits per heavy atom. The van der Waals surface area contributed by atoms with Crippen molar-refractivity contribution >= 4 is 11.6 Å². The molecule has 6 nitrogen and oxygen atoms in total. The first kappa shape index (κ1) is 14.9. The first-order valence-corrected chi connectivity index (χ1v) is 6.68. The van der Waals surface area contributed by atoms with Gasteiger partial charge in [-0.25, -0.2) is 0 Å². The van der Waals surface area contributed by atoms with Crippen LogP contribution in [0.1, 0.15) is 34.7 Å². The number of carbonyl (C=O) groups excluding carboxylic acids is 1. The van der Waals surface area contributed by atoms with Crippen LogP contribution in [-0.2, 0) is 7.05 Å². The van der Waals surface area contributed by atoms with Crippen LogP contribution in [0.25, 0.3) is 0 Å². The molecular formula is C15H20N4O2. The number of nitrogens with one attached hydrogen (secondary N) is 1. The summed E-state index contributed by atoms with van der Waals surface area (Å²) < 4.78 is 6.69. The standard InChI is InChI=1S/C15H20N4O2/c1-9(11-6-5-7-12(8-11)21-4)17-15(20)14-13(16)10(2)18-19(14)3/h5-9H,16H2,1-4H3,(H,17,20). The number of nitrogen functional groups attached to an aromatic ring is 1. The number of aryl methyl sites for hydroxylation is 2. The Bertz CT molecular complexity index is 664. The molecule has 1 unspecified atom stereocenters. The monoisotopic (exact) mass is 288 g/mol. The quantitative estimate of drug-likeness (QED) is 0.899. The smallest absolute Gasteiger partial charge is 0.272 e. The molecule has 0 saturated heterocycles. The van der Waals surface area contributed by atoms with Crippen LogP contribution in [0.15, 0.2) is 24.3 Å². The number of nitrogens with zero attached hydrogens (tertiary/aromatic N) is 2. The first-order valence-electron chi connectivity index (χ1n) is 6.68. The summed E-state index contributed by atoms with van der Waals surface area (Å²) in [6, 6.07) is 7.41. The van der Waals surface area contributed by atoms with E-state index in [1.807, 2.05) is 31.2 Å². The van der Waals surface area contributed by atoms with Crippen LogP contribution >= 0.6 is 0 Å². The highest BCUT2D eigenvalue weighted by atomic mass is 16.5. The molecule has 2 rings (SSSR count). The van der Waals surface area contributed by atoms with Crippen LogP contribution in [0.3, 0.4) is 0 Å². The van der Waals surface area contributed by atoms with Crippen LogP contribution in [0.4, 0.5) is 5.69 Å². The van der Waals surface area contributed by atoms with E-state index >= 15 is 0 Å². The normalized spacial score (nSPS) is 12.0. The van der Waals surface area contributed by atoms with Gasteiger partial charge >= 0.3 is 0 Å². The fourth-order valence-corrected chi connectivity index (χ4v) is 2.20. The lowest BCUT2D eigenvalue weighted by atomic mass is 10.1. The van der Waals surface area contributed by atoms with Gasteiger partial charge in [0.05, 0.1) is 24.5 Å². The van der Waals surface area contributed by atoms with Crippen LogP contribution in [0, 0.1) is 6.92 Å². The lowest BCUT2D eigenvalue weighted by Gasteiger charge is -2.15. The summed E-state index contributed by atoms with van der Waals surface area (Å²) in [6.45, 7) is 3.68. The van der Waals surface area contributed by atoms with Crippen molar-refractivity contribution in [3.05, 3.63) is 41.2 Å². The lowest BCUT2D eigenvalue weighted by Crippen LogP contribution is -2.29. The predicted molar refractivity (Wildman–Crippen MR) is 81.2 cm³/mol. The summed E-state index contributed by atoms with van der Waals surface area (Å²) in [4.78, 5) is 12.4. The van der Waals surface area contributed by atoms with E-state index in [1.165, 1.54) is 4.68 Å². The molecule has 3 N–H and O–H groups in total. The largest absolute Gasteiger partial charge is 0.497 e. The molecule has 1 heterocycles. The molecule has 0 fully saturated rings. The van der Waals surface area contributed by atoms with Gasteiger partial charge in [0, 0.05) is 7.05 Å². The van der Waals surface area contributed by atoms with Crippen LogP contribution in [-0.4, -0.2) is 22.8 Å². The van der Waals surface area contributed by atoms with E-state index in [0.717, 1.165) is 11.3 Å². The third kappa shape index (κ3) is 2.99. The second-order valence-electron chi connectivity index (χ2n) is 4.94. The Kier molecular flexibility index (Phi) is 4.16. The molecule has 0 spiro atoms. The topological polar surface area (TPSA) is 82.2 Å². The van der Waals surface area contributed by atoms with E-state index < -0.39 is 0 Å². The molecule has 0 bridgehead atoms. The van der Waals surface area contributed by atoms with Crippen molar-refractivity contribution in [2.75, 3.05) is 12.8 Å². The highest BCUT2D eigenvalue weighted by Crippen LogP contribution is 2.20. The fourth-order valence-electron chi connectivity index (χ4n) is 2.20. The van der Waals surface area contributed by atoms with Crippen molar-refractivity contribution in [1.82, 2.24) is 15.1 Å². The number of methoxy groups -OCH3 is 1. The average Bonchev–Trinajstić information content (AvgIpc) is 2.72. The van der Waals surface area contributed by atoms with Gasteiger partial charge in [0.25, 0.3) is 5.91 Å². The van der Waals surface area contributed by atoms with Gasteiger partial charge in [-0.05, 0) is 31.5 Å². The third-order valence-corrected chi connectivity index (χ3v) is 3.42. The number of nitrogens with two attached hydrogens (primary N) is 1. The van der Waals surface area contributed by atoms with E-state index in [1.54, 1.807) is 21.1 Å². The van der Waals surface area contributed by atoms with Gasteiger partial charge in [0.2, 0.25) is 0 Å². The van der Waals surface area contributed by atoms with Crippen molar-refractivity contribution < 1.29 is 9.53 Å². The maximum atomic E-state index is 12.4. The van der Waals surface area contributed by atoms with Gasteiger partial charge in [-0.2, -0.15) is 5.10 Å². The van der Waals surface area contributed by atoms with Crippen LogP contribution in [0.5, 0.6) is 5.75 Å². The van der Waals surface area contributed by atoms with Gasteiger partial charge in [-0.15, -0.1) is 0 Å². The van der Waals surface area contributed by atoms with Gasteiger partial charge in [0.15, 0.2) is 0 Å². The second kappa shape index (κ2) is 5.87. The summed E-state index contributed by atoms with van der Waals surface area (Å²) in [5.74, 6) is 0.510. The van der Waals surface area contributed by atoms with Crippen molar-refractivity contribution in [2.45, 2.75) is 19.9 Å². The highest BCUT2D eigenvalue weighted by Gasteiger charge is 2.20. The number of benzene rings is 1.